The molecule has 0 atom stereocenters. The van der Waals surface area contributed by atoms with E-state index >= 15 is 0 Å². The van der Waals surface area contributed by atoms with Crippen molar-refractivity contribution >= 4 is 28.0 Å². The first-order valence-corrected chi connectivity index (χ1v) is 8.10. The van der Waals surface area contributed by atoms with Crippen LogP contribution in [0, 0.1) is 11.6 Å². The molecule has 134 valence electrons. The number of hydrogen-bond donors (Lipinski definition) is 2. The maximum absolute atomic E-state index is 13.9. The van der Waals surface area contributed by atoms with Crippen LogP contribution in [0.4, 0.5) is 26.0 Å². The van der Waals surface area contributed by atoms with Gasteiger partial charge in [-0.2, -0.15) is 4.98 Å². The van der Waals surface area contributed by atoms with E-state index in [1.54, 1.807) is 6.07 Å². The minimum absolute atomic E-state index is 0.0397. The molecule has 0 bridgehead atoms. The topological polar surface area (TPSA) is 73.1 Å². The van der Waals surface area contributed by atoms with Crippen LogP contribution < -0.4 is 15.8 Å². The van der Waals surface area contributed by atoms with Gasteiger partial charge in [0.1, 0.15) is 29.4 Å². The third kappa shape index (κ3) is 3.35. The predicted molar refractivity (Wildman–Crippen MR) is 100 cm³/mol. The fraction of sp³-hybridized carbons (Fsp3) is 0. The highest BCUT2D eigenvalue weighted by molar-refractivity contribution is 5.88. The molecule has 0 amide bonds. The van der Waals surface area contributed by atoms with Gasteiger partial charge in [-0.05, 0) is 23.6 Å². The van der Waals surface area contributed by atoms with Crippen LogP contribution in [0.25, 0.3) is 10.8 Å². The van der Waals surface area contributed by atoms with Crippen molar-refractivity contribution in [3.05, 3.63) is 78.6 Å². The fourth-order valence-electron chi connectivity index (χ4n) is 2.67. The highest BCUT2D eigenvalue weighted by atomic mass is 19.1. The molecule has 0 spiro atoms. The van der Waals surface area contributed by atoms with Crippen LogP contribution in [0.5, 0.6) is 11.6 Å². The molecule has 0 aliphatic carbocycles. The van der Waals surface area contributed by atoms with Crippen LogP contribution in [0.3, 0.4) is 0 Å². The molecule has 0 unspecified atom stereocenters. The van der Waals surface area contributed by atoms with Crippen molar-refractivity contribution in [2.45, 2.75) is 0 Å². The van der Waals surface area contributed by atoms with Crippen molar-refractivity contribution in [3.8, 4) is 11.6 Å². The van der Waals surface area contributed by atoms with Gasteiger partial charge in [-0.3, -0.25) is 0 Å². The van der Waals surface area contributed by atoms with Crippen LogP contribution in [-0.2, 0) is 0 Å². The van der Waals surface area contributed by atoms with E-state index in [9.17, 15) is 8.78 Å². The average Bonchev–Trinajstić information content (AvgIpc) is 2.67. The SMILES string of the molecule is Nc1c(Nc2ccc(F)cc2F)ncnc1Oc1cccc2ccccc12. The summed E-state index contributed by atoms with van der Waals surface area (Å²) < 4.78 is 32.8. The highest BCUT2D eigenvalue weighted by Gasteiger charge is 2.13. The van der Waals surface area contributed by atoms with Gasteiger partial charge < -0.3 is 15.8 Å². The minimum atomic E-state index is -0.760. The molecule has 4 rings (SSSR count). The van der Waals surface area contributed by atoms with Gasteiger partial charge in [-0.15, -0.1) is 0 Å². The maximum Gasteiger partial charge on any atom is 0.248 e. The molecule has 0 aliphatic heterocycles. The molecule has 0 radical (unpaired) electrons. The number of hydrogen-bond acceptors (Lipinski definition) is 5. The van der Waals surface area contributed by atoms with E-state index in [-0.39, 0.29) is 23.1 Å². The van der Waals surface area contributed by atoms with E-state index in [0.29, 0.717) is 5.75 Å². The van der Waals surface area contributed by atoms with E-state index in [0.717, 1.165) is 22.9 Å². The minimum Gasteiger partial charge on any atom is -0.436 e. The molecular weight excluding hydrogens is 350 g/mol. The zero-order valence-corrected chi connectivity index (χ0v) is 14.0. The summed E-state index contributed by atoms with van der Waals surface area (Å²) in [5, 5.41) is 4.64. The number of nitrogens with zero attached hydrogens (tertiary/aromatic N) is 2. The van der Waals surface area contributed by atoms with Crippen molar-refractivity contribution in [1.29, 1.82) is 0 Å². The Labute approximate surface area is 153 Å². The smallest absolute Gasteiger partial charge is 0.248 e. The second kappa shape index (κ2) is 6.87. The molecule has 5 nitrogen and oxygen atoms in total. The second-order valence-corrected chi connectivity index (χ2v) is 5.77. The summed E-state index contributed by atoms with van der Waals surface area (Å²) in [7, 11) is 0. The van der Waals surface area contributed by atoms with Crippen LogP contribution in [0.1, 0.15) is 0 Å². The lowest BCUT2D eigenvalue weighted by Crippen LogP contribution is -2.04. The monoisotopic (exact) mass is 364 g/mol. The number of fused-ring (bicyclic) bond motifs is 1. The van der Waals surface area contributed by atoms with Gasteiger partial charge >= 0.3 is 0 Å². The van der Waals surface area contributed by atoms with Crippen molar-refractivity contribution in [2.75, 3.05) is 11.1 Å². The summed E-state index contributed by atoms with van der Waals surface area (Å²) >= 11 is 0. The van der Waals surface area contributed by atoms with Gasteiger partial charge in [0.2, 0.25) is 5.88 Å². The first kappa shape index (κ1) is 16.7. The molecule has 0 saturated carbocycles. The molecule has 0 aliphatic rings. The normalized spacial score (nSPS) is 10.7. The largest absolute Gasteiger partial charge is 0.436 e. The molecule has 3 N–H and O–H groups in total. The summed E-state index contributed by atoms with van der Waals surface area (Å²) in [4.78, 5) is 8.08. The summed E-state index contributed by atoms with van der Waals surface area (Å²) in [5.74, 6) is -0.562. The van der Waals surface area contributed by atoms with Crippen molar-refractivity contribution in [2.24, 2.45) is 0 Å². The fourth-order valence-corrected chi connectivity index (χ4v) is 2.67. The lowest BCUT2D eigenvalue weighted by atomic mass is 10.1. The van der Waals surface area contributed by atoms with E-state index < -0.39 is 11.6 Å². The number of halogens is 2. The Bertz CT molecular complexity index is 1130. The second-order valence-electron chi connectivity index (χ2n) is 5.77. The van der Waals surface area contributed by atoms with Gasteiger partial charge in [0.25, 0.3) is 0 Å². The number of aromatic nitrogens is 2. The summed E-state index contributed by atoms with van der Waals surface area (Å²) in [5.41, 5.74) is 6.24. The Kier molecular flexibility index (Phi) is 4.25. The zero-order valence-electron chi connectivity index (χ0n) is 14.0. The van der Waals surface area contributed by atoms with Gasteiger partial charge in [0.15, 0.2) is 5.82 Å². The van der Waals surface area contributed by atoms with Crippen LogP contribution in [0.15, 0.2) is 67.0 Å². The number of nitrogens with one attached hydrogen (secondary N) is 1. The summed E-state index contributed by atoms with van der Waals surface area (Å²) in [6.07, 6.45) is 1.25. The Balaban J connectivity index is 1.67. The first-order chi connectivity index (χ1) is 13.1. The third-order valence-electron chi connectivity index (χ3n) is 3.99. The van der Waals surface area contributed by atoms with Gasteiger partial charge in [0, 0.05) is 11.5 Å². The number of nitrogen functional groups attached to an aromatic ring is 1. The third-order valence-corrected chi connectivity index (χ3v) is 3.99. The van der Waals surface area contributed by atoms with Crippen molar-refractivity contribution in [1.82, 2.24) is 9.97 Å². The standard InChI is InChI=1S/C20H14F2N4O/c21-13-8-9-16(15(22)10-13)26-19-18(23)20(25-11-24-19)27-17-7-3-5-12-4-1-2-6-14(12)17/h1-11H,23H2,(H,24,25,26). The van der Waals surface area contributed by atoms with Crippen molar-refractivity contribution < 1.29 is 13.5 Å². The van der Waals surface area contributed by atoms with Gasteiger partial charge in [0.05, 0.1) is 5.69 Å². The average molecular weight is 364 g/mol. The van der Waals surface area contributed by atoms with E-state index in [1.165, 1.54) is 12.4 Å². The Hall–Kier alpha value is -3.74. The zero-order chi connectivity index (χ0) is 18.8. The predicted octanol–water partition coefficient (Wildman–Crippen LogP) is 5.03. The van der Waals surface area contributed by atoms with E-state index in [2.05, 4.69) is 15.3 Å². The van der Waals surface area contributed by atoms with Crippen LogP contribution >= 0.6 is 0 Å². The molecule has 4 aromatic rings. The van der Waals surface area contributed by atoms with E-state index in [4.69, 9.17) is 10.5 Å². The molecule has 1 aromatic heterocycles. The molecule has 27 heavy (non-hydrogen) atoms. The van der Waals surface area contributed by atoms with Gasteiger partial charge in [-0.25, -0.2) is 13.8 Å². The Morgan fingerprint density at radius 1 is 0.926 bits per heavy atom. The van der Waals surface area contributed by atoms with Crippen molar-refractivity contribution in [3.63, 3.8) is 0 Å². The van der Waals surface area contributed by atoms with E-state index in [1.807, 2.05) is 36.4 Å². The maximum atomic E-state index is 13.9. The summed E-state index contributed by atoms with van der Waals surface area (Å²) in [6, 6.07) is 16.5. The molecule has 3 aromatic carbocycles. The highest BCUT2D eigenvalue weighted by Crippen LogP contribution is 2.34. The molecule has 0 saturated heterocycles. The number of anilines is 3. The number of ether oxygens (including phenoxy) is 1. The van der Waals surface area contributed by atoms with Crippen LogP contribution in [0.2, 0.25) is 0 Å². The molecule has 0 fully saturated rings. The molecule has 7 heteroatoms. The number of rotatable bonds is 4. The lowest BCUT2D eigenvalue weighted by molar-refractivity contribution is 0.470. The number of benzene rings is 3. The number of nitrogens with two attached hydrogens (primary N) is 1. The van der Waals surface area contributed by atoms with Crippen LogP contribution in [-0.4, -0.2) is 9.97 Å². The van der Waals surface area contributed by atoms with Gasteiger partial charge in [-0.1, -0.05) is 36.4 Å². The molecular formula is C20H14F2N4O. The quantitative estimate of drug-likeness (QED) is 0.532. The molecule has 1 heterocycles. The summed E-state index contributed by atoms with van der Waals surface area (Å²) in [6.45, 7) is 0. The first-order valence-electron chi connectivity index (χ1n) is 8.10. The Morgan fingerprint density at radius 3 is 2.59 bits per heavy atom. The Morgan fingerprint density at radius 2 is 1.74 bits per heavy atom. The lowest BCUT2D eigenvalue weighted by Gasteiger charge is -2.13.